The molecule has 0 aromatic carbocycles. The van der Waals surface area contributed by atoms with Gasteiger partial charge in [0.15, 0.2) is 0 Å². The van der Waals surface area contributed by atoms with E-state index in [4.69, 9.17) is 9.84 Å². The molecule has 0 aliphatic carbocycles. The van der Waals surface area contributed by atoms with Gasteiger partial charge in [-0.2, -0.15) is 0 Å². The number of aromatic nitrogens is 1. The Hall–Kier alpha value is -1.02. The summed E-state index contributed by atoms with van der Waals surface area (Å²) in [5.41, 5.74) is 0.925. The van der Waals surface area contributed by atoms with Gasteiger partial charge in [-0.15, -0.1) is 11.3 Å². The third-order valence-corrected chi connectivity index (χ3v) is 4.14. The standard InChI is InChI=1S/C13H21N3O3S/c1-2-19-13(18)12-14-11(10-20-12)9-16-5-3-15(4-6-16)7-8-17/h10,17H,2-9H2,1H3. The molecule has 1 aromatic rings. The minimum absolute atomic E-state index is 0.217. The summed E-state index contributed by atoms with van der Waals surface area (Å²) in [5.74, 6) is -0.337. The number of rotatable bonds is 6. The fraction of sp³-hybridized carbons (Fsp3) is 0.692. The van der Waals surface area contributed by atoms with Gasteiger partial charge in [-0.1, -0.05) is 0 Å². The maximum atomic E-state index is 11.5. The molecule has 1 N–H and O–H groups in total. The monoisotopic (exact) mass is 299 g/mol. The molecule has 0 saturated carbocycles. The lowest BCUT2D eigenvalue weighted by Crippen LogP contribution is -2.46. The maximum Gasteiger partial charge on any atom is 0.367 e. The summed E-state index contributed by atoms with van der Waals surface area (Å²) in [4.78, 5) is 20.4. The van der Waals surface area contributed by atoms with Gasteiger partial charge in [0.1, 0.15) is 0 Å². The molecule has 7 heteroatoms. The van der Waals surface area contributed by atoms with Crippen LogP contribution in [0.2, 0.25) is 0 Å². The van der Waals surface area contributed by atoms with Crippen LogP contribution in [0.4, 0.5) is 0 Å². The van der Waals surface area contributed by atoms with Gasteiger partial charge in [0.05, 0.1) is 18.9 Å². The van der Waals surface area contributed by atoms with Gasteiger partial charge in [0, 0.05) is 44.6 Å². The Morgan fingerprint density at radius 1 is 1.40 bits per heavy atom. The molecule has 0 spiro atoms. The van der Waals surface area contributed by atoms with E-state index in [0.717, 1.165) is 45.0 Å². The number of carbonyl (C=O) groups is 1. The second-order valence-corrected chi connectivity index (χ2v) is 5.56. The maximum absolute atomic E-state index is 11.5. The third-order valence-electron chi connectivity index (χ3n) is 3.27. The van der Waals surface area contributed by atoms with Crippen LogP contribution in [0.5, 0.6) is 0 Å². The Morgan fingerprint density at radius 2 is 2.10 bits per heavy atom. The van der Waals surface area contributed by atoms with Gasteiger partial charge in [-0.05, 0) is 6.92 Å². The van der Waals surface area contributed by atoms with E-state index in [2.05, 4.69) is 14.8 Å². The van der Waals surface area contributed by atoms with Crippen molar-refractivity contribution in [3.8, 4) is 0 Å². The van der Waals surface area contributed by atoms with Gasteiger partial charge in [0.2, 0.25) is 5.01 Å². The molecule has 1 aliphatic rings. The predicted octanol–water partition coefficient (Wildman–Crippen LogP) is 0.430. The van der Waals surface area contributed by atoms with Crippen LogP contribution in [0.1, 0.15) is 22.4 Å². The van der Waals surface area contributed by atoms with Crippen molar-refractivity contribution in [1.82, 2.24) is 14.8 Å². The van der Waals surface area contributed by atoms with Crippen LogP contribution < -0.4 is 0 Å². The second-order valence-electron chi connectivity index (χ2n) is 4.71. The minimum atomic E-state index is -0.337. The summed E-state index contributed by atoms with van der Waals surface area (Å²) in [5, 5.41) is 11.3. The van der Waals surface area contributed by atoms with Crippen molar-refractivity contribution >= 4 is 17.3 Å². The highest BCUT2D eigenvalue weighted by molar-refractivity contribution is 7.11. The summed E-state index contributed by atoms with van der Waals surface area (Å²) in [6.45, 7) is 7.76. The Labute approximate surface area is 123 Å². The third kappa shape index (κ3) is 4.24. The molecule has 112 valence electrons. The average Bonchev–Trinajstić information content (AvgIpc) is 2.90. The number of aliphatic hydroxyl groups excluding tert-OH is 1. The first-order valence-electron chi connectivity index (χ1n) is 6.90. The first-order chi connectivity index (χ1) is 9.72. The highest BCUT2D eigenvalue weighted by atomic mass is 32.1. The molecule has 2 rings (SSSR count). The highest BCUT2D eigenvalue weighted by Crippen LogP contribution is 2.14. The number of thiazole rings is 1. The van der Waals surface area contributed by atoms with E-state index in [1.807, 2.05) is 5.38 Å². The Bertz CT molecular complexity index is 430. The molecule has 0 bridgehead atoms. The zero-order valence-electron chi connectivity index (χ0n) is 11.7. The van der Waals surface area contributed by atoms with Crippen LogP contribution in [0.3, 0.4) is 0 Å². The van der Waals surface area contributed by atoms with Crippen molar-refractivity contribution < 1.29 is 14.6 Å². The number of carbonyl (C=O) groups excluding carboxylic acids is 1. The SMILES string of the molecule is CCOC(=O)c1nc(CN2CCN(CCO)CC2)cs1. The number of nitrogens with zero attached hydrogens (tertiary/aromatic N) is 3. The number of aliphatic hydroxyl groups is 1. The fourth-order valence-corrected chi connectivity index (χ4v) is 2.91. The number of hydrogen-bond donors (Lipinski definition) is 1. The van der Waals surface area contributed by atoms with Gasteiger partial charge < -0.3 is 9.84 Å². The molecule has 0 amide bonds. The van der Waals surface area contributed by atoms with Crippen molar-refractivity contribution in [3.63, 3.8) is 0 Å². The molecule has 1 fully saturated rings. The first-order valence-corrected chi connectivity index (χ1v) is 7.78. The van der Waals surface area contributed by atoms with Crippen LogP contribution in [0.25, 0.3) is 0 Å². The summed E-state index contributed by atoms with van der Waals surface area (Å²) in [6.07, 6.45) is 0. The van der Waals surface area contributed by atoms with Crippen molar-refractivity contribution in [2.24, 2.45) is 0 Å². The zero-order chi connectivity index (χ0) is 14.4. The molecule has 1 aromatic heterocycles. The molecular weight excluding hydrogens is 278 g/mol. The Kier molecular flexibility index (Phi) is 5.90. The van der Waals surface area contributed by atoms with E-state index in [9.17, 15) is 4.79 Å². The lowest BCUT2D eigenvalue weighted by atomic mass is 10.3. The number of piperazine rings is 1. The van der Waals surface area contributed by atoms with Crippen molar-refractivity contribution in [1.29, 1.82) is 0 Å². The van der Waals surface area contributed by atoms with Gasteiger partial charge in [-0.3, -0.25) is 9.80 Å². The Balaban J connectivity index is 1.81. The smallest absolute Gasteiger partial charge is 0.367 e. The van der Waals surface area contributed by atoms with E-state index in [-0.39, 0.29) is 12.6 Å². The van der Waals surface area contributed by atoms with Gasteiger partial charge in [0.25, 0.3) is 0 Å². The number of β-amino-alcohol motifs (C(OH)–C–C–N with tert-alkyl or cyclic N) is 1. The zero-order valence-corrected chi connectivity index (χ0v) is 12.6. The van der Waals surface area contributed by atoms with E-state index >= 15 is 0 Å². The fourth-order valence-electron chi connectivity index (χ4n) is 2.21. The molecule has 0 radical (unpaired) electrons. The Morgan fingerprint density at radius 3 is 2.75 bits per heavy atom. The number of ether oxygens (including phenoxy) is 1. The molecule has 1 aliphatic heterocycles. The average molecular weight is 299 g/mol. The van der Waals surface area contributed by atoms with Crippen LogP contribution in [-0.2, 0) is 11.3 Å². The van der Waals surface area contributed by atoms with Crippen molar-refractivity contribution in [2.75, 3.05) is 45.9 Å². The van der Waals surface area contributed by atoms with Crippen molar-refractivity contribution in [3.05, 3.63) is 16.1 Å². The van der Waals surface area contributed by atoms with E-state index in [1.54, 1.807) is 6.92 Å². The van der Waals surface area contributed by atoms with Gasteiger partial charge >= 0.3 is 5.97 Å². The lowest BCUT2D eigenvalue weighted by Gasteiger charge is -2.33. The quantitative estimate of drug-likeness (QED) is 0.769. The molecule has 2 heterocycles. The summed E-state index contributed by atoms with van der Waals surface area (Å²) >= 11 is 1.34. The summed E-state index contributed by atoms with van der Waals surface area (Å²) in [7, 11) is 0. The molecule has 0 unspecified atom stereocenters. The van der Waals surface area contributed by atoms with Crippen LogP contribution in [0.15, 0.2) is 5.38 Å². The lowest BCUT2D eigenvalue weighted by molar-refractivity contribution is 0.0525. The van der Waals surface area contributed by atoms with Crippen LogP contribution >= 0.6 is 11.3 Å². The highest BCUT2D eigenvalue weighted by Gasteiger charge is 2.18. The van der Waals surface area contributed by atoms with Crippen molar-refractivity contribution in [2.45, 2.75) is 13.5 Å². The topological polar surface area (TPSA) is 65.9 Å². The molecule has 0 atom stereocenters. The van der Waals surface area contributed by atoms with Crippen LogP contribution in [0, 0.1) is 0 Å². The summed E-state index contributed by atoms with van der Waals surface area (Å²) in [6, 6.07) is 0. The predicted molar refractivity (Wildman–Crippen MR) is 76.9 cm³/mol. The second kappa shape index (κ2) is 7.68. The number of esters is 1. The number of hydrogen-bond acceptors (Lipinski definition) is 7. The molecular formula is C13H21N3O3S. The van der Waals surface area contributed by atoms with E-state index < -0.39 is 0 Å². The largest absolute Gasteiger partial charge is 0.461 e. The van der Waals surface area contributed by atoms with E-state index in [0.29, 0.717) is 11.6 Å². The molecule has 20 heavy (non-hydrogen) atoms. The molecule has 6 nitrogen and oxygen atoms in total. The summed E-state index contributed by atoms with van der Waals surface area (Å²) < 4.78 is 4.94. The molecule has 1 saturated heterocycles. The first kappa shape index (κ1) is 15.4. The van der Waals surface area contributed by atoms with Crippen LogP contribution in [-0.4, -0.2) is 71.8 Å². The van der Waals surface area contributed by atoms with E-state index in [1.165, 1.54) is 11.3 Å². The van der Waals surface area contributed by atoms with Gasteiger partial charge in [-0.25, -0.2) is 9.78 Å². The normalized spacial score (nSPS) is 17.3. The minimum Gasteiger partial charge on any atom is -0.461 e.